The average Bonchev–Trinajstić information content (AvgIpc) is 2.17. The summed E-state index contributed by atoms with van der Waals surface area (Å²) in [6, 6.07) is 5.06. The highest BCUT2D eigenvalue weighted by Gasteiger charge is 2.10. The van der Waals surface area contributed by atoms with Crippen molar-refractivity contribution in [1.82, 2.24) is 0 Å². The number of nitrogens with one attached hydrogen (secondary N) is 1. The van der Waals surface area contributed by atoms with E-state index in [1.165, 1.54) is 6.07 Å². The molecule has 0 saturated heterocycles. The van der Waals surface area contributed by atoms with Gasteiger partial charge in [-0.05, 0) is 32.4 Å². The number of aryl methyl sites for hydroxylation is 1. The number of aliphatic hydroxyl groups is 1. The first-order valence-corrected chi connectivity index (χ1v) is 5.17. The van der Waals surface area contributed by atoms with Crippen LogP contribution >= 0.6 is 0 Å². The Kier molecular flexibility index (Phi) is 4.25. The number of nitro benzene ring substituents is 1. The summed E-state index contributed by atoms with van der Waals surface area (Å²) in [4.78, 5) is 10.2. The van der Waals surface area contributed by atoms with Gasteiger partial charge in [-0.3, -0.25) is 10.1 Å². The fraction of sp³-hybridized carbons (Fsp3) is 0.455. The molecule has 88 valence electrons. The lowest BCUT2D eigenvalue weighted by Gasteiger charge is -2.14. The number of nitro groups is 1. The number of aliphatic hydroxyl groups excluding tert-OH is 1. The van der Waals surface area contributed by atoms with Crippen LogP contribution in [0.1, 0.15) is 18.9 Å². The van der Waals surface area contributed by atoms with Gasteiger partial charge < -0.3 is 10.4 Å². The monoisotopic (exact) mass is 224 g/mol. The summed E-state index contributed by atoms with van der Waals surface area (Å²) >= 11 is 0. The molecule has 0 spiro atoms. The minimum absolute atomic E-state index is 0.125. The maximum Gasteiger partial charge on any atom is 0.272 e. The molecule has 0 aliphatic heterocycles. The van der Waals surface area contributed by atoms with E-state index in [-0.39, 0.29) is 18.3 Å². The van der Waals surface area contributed by atoms with Gasteiger partial charge in [0.1, 0.15) is 0 Å². The predicted octanol–water partition coefficient (Wildman–Crippen LogP) is 2.09. The topological polar surface area (TPSA) is 75.4 Å². The summed E-state index contributed by atoms with van der Waals surface area (Å²) in [7, 11) is 0. The summed E-state index contributed by atoms with van der Waals surface area (Å²) in [6.07, 6.45) is 0.649. The summed E-state index contributed by atoms with van der Waals surface area (Å²) in [6.45, 7) is 3.78. The quantitative estimate of drug-likeness (QED) is 0.593. The van der Waals surface area contributed by atoms with Crippen LogP contribution in [0.2, 0.25) is 0 Å². The smallest absolute Gasteiger partial charge is 0.272 e. The lowest BCUT2D eigenvalue weighted by Crippen LogP contribution is -2.16. The van der Waals surface area contributed by atoms with E-state index in [9.17, 15) is 10.1 Å². The first kappa shape index (κ1) is 12.4. The molecule has 0 aliphatic carbocycles. The largest absolute Gasteiger partial charge is 0.396 e. The number of benzene rings is 1. The summed E-state index contributed by atoms with van der Waals surface area (Å²) in [5.74, 6) is 0. The third-order valence-electron chi connectivity index (χ3n) is 2.37. The van der Waals surface area contributed by atoms with E-state index in [4.69, 9.17) is 5.11 Å². The third kappa shape index (κ3) is 3.20. The Morgan fingerprint density at radius 2 is 2.25 bits per heavy atom. The third-order valence-corrected chi connectivity index (χ3v) is 2.37. The molecule has 5 heteroatoms. The Hall–Kier alpha value is -1.62. The first-order valence-electron chi connectivity index (χ1n) is 5.17. The predicted molar refractivity (Wildman–Crippen MR) is 62.6 cm³/mol. The lowest BCUT2D eigenvalue weighted by atomic mass is 10.1. The van der Waals surface area contributed by atoms with Gasteiger partial charge in [0.05, 0.1) is 4.92 Å². The SMILES string of the molecule is Cc1cc(N[C@H](C)CCO)ccc1[N+](=O)[O-]. The number of nitrogens with zero attached hydrogens (tertiary/aromatic N) is 1. The van der Waals surface area contributed by atoms with Crippen LogP contribution in [0.15, 0.2) is 18.2 Å². The van der Waals surface area contributed by atoms with Crippen molar-refractivity contribution in [3.63, 3.8) is 0 Å². The van der Waals surface area contributed by atoms with Crippen LogP contribution in [-0.2, 0) is 0 Å². The normalized spacial score (nSPS) is 12.2. The van der Waals surface area contributed by atoms with Crippen LogP contribution in [0.25, 0.3) is 0 Å². The van der Waals surface area contributed by atoms with Gasteiger partial charge in [0.2, 0.25) is 0 Å². The summed E-state index contributed by atoms with van der Waals surface area (Å²) in [5, 5.41) is 22.5. The van der Waals surface area contributed by atoms with Crippen LogP contribution in [0, 0.1) is 17.0 Å². The van der Waals surface area contributed by atoms with Crippen molar-refractivity contribution in [2.75, 3.05) is 11.9 Å². The van der Waals surface area contributed by atoms with Crippen molar-refractivity contribution >= 4 is 11.4 Å². The van der Waals surface area contributed by atoms with Crippen molar-refractivity contribution in [3.8, 4) is 0 Å². The Labute approximate surface area is 94.3 Å². The van der Waals surface area contributed by atoms with Crippen molar-refractivity contribution in [1.29, 1.82) is 0 Å². The van der Waals surface area contributed by atoms with Gasteiger partial charge in [-0.25, -0.2) is 0 Å². The molecule has 5 nitrogen and oxygen atoms in total. The fourth-order valence-corrected chi connectivity index (χ4v) is 1.50. The second-order valence-electron chi connectivity index (χ2n) is 3.82. The lowest BCUT2D eigenvalue weighted by molar-refractivity contribution is -0.385. The molecule has 16 heavy (non-hydrogen) atoms. The highest BCUT2D eigenvalue weighted by atomic mass is 16.6. The van der Waals surface area contributed by atoms with Gasteiger partial charge in [-0.1, -0.05) is 0 Å². The van der Waals surface area contributed by atoms with Gasteiger partial charge in [0.15, 0.2) is 0 Å². The van der Waals surface area contributed by atoms with Crippen molar-refractivity contribution < 1.29 is 10.0 Å². The molecule has 0 saturated carbocycles. The molecule has 0 fully saturated rings. The minimum Gasteiger partial charge on any atom is -0.396 e. The summed E-state index contributed by atoms with van der Waals surface area (Å²) < 4.78 is 0. The molecular formula is C11H16N2O3. The zero-order valence-electron chi connectivity index (χ0n) is 9.43. The second kappa shape index (κ2) is 5.46. The molecule has 0 heterocycles. The molecule has 1 aromatic rings. The van der Waals surface area contributed by atoms with E-state index in [1.54, 1.807) is 19.1 Å². The molecule has 0 aliphatic rings. The molecule has 0 radical (unpaired) electrons. The molecule has 1 atom stereocenters. The van der Waals surface area contributed by atoms with Crippen LogP contribution < -0.4 is 5.32 Å². The minimum atomic E-state index is -0.393. The van der Waals surface area contributed by atoms with Gasteiger partial charge >= 0.3 is 0 Å². The van der Waals surface area contributed by atoms with Gasteiger partial charge in [0, 0.05) is 30.0 Å². The van der Waals surface area contributed by atoms with Gasteiger partial charge in [-0.15, -0.1) is 0 Å². The maximum atomic E-state index is 10.6. The van der Waals surface area contributed by atoms with Gasteiger partial charge in [-0.2, -0.15) is 0 Å². The molecule has 0 bridgehead atoms. The fourth-order valence-electron chi connectivity index (χ4n) is 1.50. The van der Waals surface area contributed by atoms with Crippen molar-refractivity contribution in [2.24, 2.45) is 0 Å². The van der Waals surface area contributed by atoms with Crippen LogP contribution in [0.4, 0.5) is 11.4 Å². The molecule has 1 aromatic carbocycles. The standard InChI is InChI=1S/C11H16N2O3/c1-8-7-10(12-9(2)5-6-14)3-4-11(8)13(15)16/h3-4,7,9,12,14H,5-6H2,1-2H3/t9-/m1/s1. The van der Waals surface area contributed by atoms with E-state index in [1.807, 2.05) is 6.92 Å². The average molecular weight is 224 g/mol. The van der Waals surface area contributed by atoms with Gasteiger partial charge in [0.25, 0.3) is 5.69 Å². The molecular weight excluding hydrogens is 208 g/mol. The second-order valence-corrected chi connectivity index (χ2v) is 3.82. The zero-order valence-corrected chi connectivity index (χ0v) is 9.43. The Bertz CT molecular complexity index is 379. The zero-order chi connectivity index (χ0) is 12.1. The maximum absolute atomic E-state index is 10.6. The van der Waals surface area contributed by atoms with Crippen LogP contribution in [0.3, 0.4) is 0 Å². The molecule has 0 amide bonds. The van der Waals surface area contributed by atoms with Crippen LogP contribution in [-0.4, -0.2) is 22.7 Å². The number of anilines is 1. The highest BCUT2D eigenvalue weighted by Crippen LogP contribution is 2.22. The first-order chi connectivity index (χ1) is 7.54. The highest BCUT2D eigenvalue weighted by molar-refractivity contribution is 5.53. The number of hydrogen-bond acceptors (Lipinski definition) is 4. The Balaban J connectivity index is 2.77. The molecule has 0 unspecified atom stereocenters. The van der Waals surface area contributed by atoms with E-state index < -0.39 is 4.92 Å². The van der Waals surface area contributed by atoms with E-state index in [0.29, 0.717) is 12.0 Å². The summed E-state index contributed by atoms with van der Waals surface area (Å²) in [5.41, 5.74) is 1.59. The number of hydrogen-bond donors (Lipinski definition) is 2. The number of rotatable bonds is 5. The molecule has 1 rings (SSSR count). The van der Waals surface area contributed by atoms with E-state index in [2.05, 4.69) is 5.32 Å². The Morgan fingerprint density at radius 1 is 1.56 bits per heavy atom. The van der Waals surface area contributed by atoms with Crippen LogP contribution in [0.5, 0.6) is 0 Å². The molecule has 2 N–H and O–H groups in total. The van der Waals surface area contributed by atoms with E-state index >= 15 is 0 Å². The van der Waals surface area contributed by atoms with E-state index in [0.717, 1.165) is 5.69 Å². The molecule has 0 aromatic heterocycles. The van der Waals surface area contributed by atoms with Crippen molar-refractivity contribution in [3.05, 3.63) is 33.9 Å². The van der Waals surface area contributed by atoms with Crippen molar-refractivity contribution in [2.45, 2.75) is 26.3 Å². The Morgan fingerprint density at radius 3 is 2.75 bits per heavy atom.